The summed E-state index contributed by atoms with van der Waals surface area (Å²) >= 11 is 1.57. The van der Waals surface area contributed by atoms with Crippen LogP contribution in [0.4, 0.5) is 5.69 Å². The molecule has 4 heteroatoms. The van der Waals surface area contributed by atoms with E-state index in [1.807, 2.05) is 48.7 Å². The van der Waals surface area contributed by atoms with E-state index in [-0.39, 0.29) is 0 Å². The first-order valence-electron chi connectivity index (χ1n) is 8.99. The van der Waals surface area contributed by atoms with Crippen molar-refractivity contribution in [3.8, 4) is 0 Å². The fourth-order valence-corrected chi connectivity index (χ4v) is 4.03. The van der Waals surface area contributed by atoms with Crippen molar-refractivity contribution in [1.29, 1.82) is 0 Å². The van der Waals surface area contributed by atoms with Crippen molar-refractivity contribution in [3.63, 3.8) is 0 Å². The first-order chi connectivity index (χ1) is 13.8. The quantitative estimate of drug-likeness (QED) is 0.319. The van der Waals surface area contributed by atoms with Gasteiger partial charge < -0.3 is 4.42 Å². The van der Waals surface area contributed by atoms with E-state index in [0.717, 1.165) is 32.3 Å². The zero-order chi connectivity index (χ0) is 18.8. The molecule has 0 saturated heterocycles. The predicted octanol–water partition coefficient (Wildman–Crippen LogP) is 6.88. The number of nitrogens with zero attached hydrogens (tertiary/aromatic N) is 2. The number of fused-ring (bicyclic) bond motifs is 2. The van der Waals surface area contributed by atoms with Crippen LogP contribution < -0.4 is 0 Å². The molecule has 0 radical (unpaired) electrons. The molecule has 0 spiro atoms. The molecule has 0 unspecified atom stereocenters. The molecule has 2 heterocycles. The van der Waals surface area contributed by atoms with Crippen LogP contribution in [-0.2, 0) is 0 Å². The summed E-state index contributed by atoms with van der Waals surface area (Å²) in [5.74, 6) is 0.726. The number of rotatable bonds is 4. The van der Waals surface area contributed by atoms with Gasteiger partial charge in [0.2, 0.25) is 0 Å². The molecule has 0 fully saturated rings. The monoisotopic (exact) mass is 380 g/mol. The maximum Gasteiger partial charge on any atom is 0.165 e. The van der Waals surface area contributed by atoms with Gasteiger partial charge in [-0.25, -0.2) is 0 Å². The van der Waals surface area contributed by atoms with Crippen LogP contribution in [0.3, 0.4) is 0 Å². The van der Waals surface area contributed by atoms with Crippen LogP contribution >= 0.6 is 11.8 Å². The van der Waals surface area contributed by atoms with E-state index >= 15 is 0 Å². The average molecular weight is 380 g/mol. The van der Waals surface area contributed by atoms with Gasteiger partial charge in [0.25, 0.3) is 0 Å². The number of benzene rings is 3. The maximum absolute atomic E-state index is 5.93. The number of pyridine rings is 1. The molecule has 0 amide bonds. The van der Waals surface area contributed by atoms with Gasteiger partial charge >= 0.3 is 0 Å². The highest BCUT2D eigenvalue weighted by Crippen LogP contribution is 2.33. The first-order valence-corrected chi connectivity index (χ1v) is 9.81. The van der Waals surface area contributed by atoms with Crippen LogP contribution in [0.5, 0.6) is 0 Å². The SMILES string of the molecule is C(=Nc1ccc2ccccc2c1)c1ccc(Sc2cccc3cccnc23)o1. The van der Waals surface area contributed by atoms with Gasteiger partial charge in [-0.2, -0.15) is 0 Å². The van der Waals surface area contributed by atoms with Gasteiger partial charge in [0.1, 0.15) is 5.76 Å². The molecule has 5 rings (SSSR count). The Morgan fingerprint density at radius 3 is 2.61 bits per heavy atom. The lowest BCUT2D eigenvalue weighted by Gasteiger charge is -2.02. The Hall–Kier alpha value is -3.37. The molecule has 2 aromatic heterocycles. The Balaban J connectivity index is 1.37. The minimum Gasteiger partial charge on any atom is -0.449 e. The number of furan rings is 1. The molecule has 134 valence electrons. The molecule has 3 nitrogen and oxygen atoms in total. The van der Waals surface area contributed by atoms with Crippen molar-refractivity contribution < 1.29 is 4.42 Å². The normalized spacial score (nSPS) is 11.6. The standard InChI is InChI=1S/C24H16N2OS/c1-2-6-19-15-20(11-10-17(19)5-1)26-16-21-12-13-23(27-21)28-22-9-3-7-18-8-4-14-25-24(18)22/h1-16H. The van der Waals surface area contributed by atoms with Crippen LogP contribution in [0.2, 0.25) is 0 Å². The number of hydrogen-bond donors (Lipinski definition) is 0. The van der Waals surface area contributed by atoms with Crippen molar-refractivity contribution in [1.82, 2.24) is 4.98 Å². The second kappa shape index (κ2) is 7.33. The summed E-state index contributed by atoms with van der Waals surface area (Å²) in [7, 11) is 0. The smallest absolute Gasteiger partial charge is 0.165 e. The predicted molar refractivity (Wildman–Crippen MR) is 116 cm³/mol. The average Bonchev–Trinajstić information content (AvgIpc) is 3.20. The third kappa shape index (κ3) is 3.42. The lowest BCUT2D eigenvalue weighted by Crippen LogP contribution is -1.81. The van der Waals surface area contributed by atoms with Crippen LogP contribution in [0.15, 0.2) is 111 Å². The molecule has 3 aromatic carbocycles. The molecule has 0 N–H and O–H groups in total. The van der Waals surface area contributed by atoms with E-state index in [9.17, 15) is 0 Å². The van der Waals surface area contributed by atoms with Crippen molar-refractivity contribution in [2.75, 3.05) is 0 Å². The number of aliphatic imine (C=N–C) groups is 1. The zero-order valence-corrected chi connectivity index (χ0v) is 15.8. The van der Waals surface area contributed by atoms with E-state index in [4.69, 9.17) is 4.42 Å². The van der Waals surface area contributed by atoms with Crippen molar-refractivity contribution in [2.24, 2.45) is 4.99 Å². The van der Waals surface area contributed by atoms with Gasteiger partial charge in [-0.3, -0.25) is 9.98 Å². The second-order valence-corrected chi connectivity index (χ2v) is 7.43. The topological polar surface area (TPSA) is 38.4 Å². The summed E-state index contributed by atoms with van der Waals surface area (Å²) in [5.41, 5.74) is 1.89. The van der Waals surface area contributed by atoms with Crippen molar-refractivity contribution in [2.45, 2.75) is 9.99 Å². The lowest BCUT2D eigenvalue weighted by atomic mass is 10.1. The summed E-state index contributed by atoms with van der Waals surface area (Å²) in [4.78, 5) is 10.1. The van der Waals surface area contributed by atoms with E-state index < -0.39 is 0 Å². The van der Waals surface area contributed by atoms with Crippen LogP contribution in [0.1, 0.15) is 5.76 Å². The molecule has 0 atom stereocenters. The zero-order valence-electron chi connectivity index (χ0n) is 14.9. The van der Waals surface area contributed by atoms with Gasteiger partial charge in [0.15, 0.2) is 5.09 Å². The fraction of sp³-hybridized carbons (Fsp3) is 0. The summed E-state index contributed by atoms with van der Waals surface area (Å²) in [5, 5.41) is 4.33. The van der Waals surface area contributed by atoms with Crippen LogP contribution in [0.25, 0.3) is 21.7 Å². The molecular formula is C24H16N2OS. The largest absolute Gasteiger partial charge is 0.449 e. The van der Waals surface area contributed by atoms with Crippen molar-refractivity contribution >= 4 is 45.3 Å². The summed E-state index contributed by atoms with van der Waals surface area (Å²) in [6, 6.07) is 28.5. The molecule has 0 aliphatic heterocycles. The summed E-state index contributed by atoms with van der Waals surface area (Å²) < 4.78 is 5.93. The number of hydrogen-bond acceptors (Lipinski definition) is 4. The Labute approximate surface area is 166 Å². The maximum atomic E-state index is 5.93. The van der Waals surface area contributed by atoms with Crippen molar-refractivity contribution in [3.05, 3.63) is 96.9 Å². The van der Waals surface area contributed by atoms with E-state index in [2.05, 4.69) is 52.4 Å². The number of aromatic nitrogens is 1. The van der Waals surface area contributed by atoms with E-state index in [1.54, 1.807) is 18.0 Å². The molecular weight excluding hydrogens is 364 g/mol. The third-order valence-corrected chi connectivity index (χ3v) is 5.45. The molecule has 0 bridgehead atoms. The molecule has 0 saturated carbocycles. The van der Waals surface area contributed by atoms with Gasteiger partial charge in [-0.05, 0) is 58.9 Å². The van der Waals surface area contributed by atoms with Crippen LogP contribution in [-0.4, -0.2) is 11.2 Å². The Morgan fingerprint density at radius 2 is 1.64 bits per heavy atom. The fourth-order valence-electron chi connectivity index (χ4n) is 3.12. The van der Waals surface area contributed by atoms with Gasteiger partial charge in [0.05, 0.1) is 17.4 Å². The first kappa shape index (κ1) is 16.8. The van der Waals surface area contributed by atoms with Gasteiger partial charge in [0, 0.05) is 16.5 Å². The molecule has 5 aromatic rings. The Morgan fingerprint density at radius 1 is 0.786 bits per heavy atom. The highest BCUT2D eigenvalue weighted by atomic mass is 32.2. The molecule has 0 aliphatic carbocycles. The number of para-hydroxylation sites is 1. The van der Waals surface area contributed by atoms with Crippen LogP contribution in [0, 0.1) is 0 Å². The Bertz CT molecular complexity index is 1300. The third-order valence-electron chi connectivity index (χ3n) is 4.48. The highest BCUT2D eigenvalue weighted by Gasteiger charge is 2.07. The lowest BCUT2D eigenvalue weighted by molar-refractivity contribution is 0.469. The minimum atomic E-state index is 0.726. The second-order valence-electron chi connectivity index (χ2n) is 6.38. The highest BCUT2D eigenvalue weighted by molar-refractivity contribution is 7.99. The van der Waals surface area contributed by atoms with Gasteiger partial charge in [-0.15, -0.1) is 0 Å². The van der Waals surface area contributed by atoms with E-state index in [0.29, 0.717) is 0 Å². The molecule has 28 heavy (non-hydrogen) atoms. The minimum absolute atomic E-state index is 0.726. The van der Waals surface area contributed by atoms with E-state index in [1.165, 1.54) is 10.8 Å². The molecule has 0 aliphatic rings. The summed E-state index contributed by atoms with van der Waals surface area (Å²) in [6.07, 6.45) is 3.58. The van der Waals surface area contributed by atoms with Gasteiger partial charge in [-0.1, -0.05) is 48.5 Å². The Kier molecular flexibility index (Phi) is 4.39. The summed E-state index contributed by atoms with van der Waals surface area (Å²) in [6.45, 7) is 0.